The first-order valence-corrected chi connectivity index (χ1v) is 7.14. The SMILES string of the molecule is COc1cccc(S(=O)(=O)N2CCC(=O)CC2)c1. The van der Waals surface area contributed by atoms with E-state index in [1.807, 2.05) is 0 Å². The van der Waals surface area contributed by atoms with Crippen molar-refractivity contribution in [1.29, 1.82) is 0 Å². The maximum Gasteiger partial charge on any atom is 0.243 e. The molecule has 0 radical (unpaired) electrons. The summed E-state index contributed by atoms with van der Waals surface area (Å²) in [4.78, 5) is 11.3. The normalized spacial score (nSPS) is 17.7. The standard InChI is InChI=1S/C12H15NO4S/c1-17-11-3-2-4-12(9-11)18(15,16)13-7-5-10(14)6-8-13/h2-4,9H,5-8H2,1H3. The van der Waals surface area contributed by atoms with E-state index in [0.29, 0.717) is 18.6 Å². The van der Waals surface area contributed by atoms with Crippen molar-refractivity contribution in [3.05, 3.63) is 24.3 Å². The van der Waals surface area contributed by atoms with Gasteiger partial charge in [0.1, 0.15) is 11.5 Å². The molecule has 0 aliphatic carbocycles. The predicted molar refractivity (Wildman–Crippen MR) is 66.0 cm³/mol. The Bertz CT molecular complexity index is 543. The summed E-state index contributed by atoms with van der Waals surface area (Å²) in [6.07, 6.45) is 0.590. The number of carbonyl (C=O) groups excluding carboxylic acids is 1. The van der Waals surface area contributed by atoms with Crippen LogP contribution in [0.4, 0.5) is 0 Å². The number of carbonyl (C=O) groups is 1. The van der Waals surface area contributed by atoms with Gasteiger partial charge in [0.15, 0.2) is 0 Å². The quantitative estimate of drug-likeness (QED) is 0.822. The summed E-state index contributed by atoms with van der Waals surface area (Å²) in [6, 6.07) is 6.36. The Labute approximate surface area is 106 Å². The molecule has 18 heavy (non-hydrogen) atoms. The fraction of sp³-hybridized carbons (Fsp3) is 0.417. The smallest absolute Gasteiger partial charge is 0.243 e. The second-order valence-electron chi connectivity index (χ2n) is 4.12. The van der Waals surface area contributed by atoms with Gasteiger partial charge in [0.05, 0.1) is 12.0 Å². The highest BCUT2D eigenvalue weighted by atomic mass is 32.2. The highest BCUT2D eigenvalue weighted by molar-refractivity contribution is 7.89. The lowest BCUT2D eigenvalue weighted by molar-refractivity contribution is -0.120. The van der Waals surface area contributed by atoms with Gasteiger partial charge < -0.3 is 4.74 Å². The van der Waals surface area contributed by atoms with E-state index in [1.165, 1.54) is 23.5 Å². The number of hydrogen-bond acceptors (Lipinski definition) is 4. The lowest BCUT2D eigenvalue weighted by Crippen LogP contribution is -2.38. The second kappa shape index (κ2) is 5.07. The first-order valence-electron chi connectivity index (χ1n) is 5.70. The highest BCUT2D eigenvalue weighted by Crippen LogP contribution is 2.22. The van der Waals surface area contributed by atoms with E-state index in [1.54, 1.807) is 12.1 Å². The molecule has 5 nitrogen and oxygen atoms in total. The number of hydrogen-bond donors (Lipinski definition) is 0. The number of sulfonamides is 1. The maximum absolute atomic E-state index is 12.3. The summed E-state index contributed by atoms with van der Waals surface area (Å²) in [5, 5.41) is 0. The second-order valence-corrected chi connectivity index (χ2v) is 6.06. The van der Waals surface area contributed by atoms with Gasteiger partial charge in [-0.1, -0.05) is 6.07 Å². The summed E-state index contributed by atoms with van der Waals surface area (Å²) in [7, 11) is -2.03. The first-order chi connectivity index (χ1) is 8.54. The zero-order valence-corrected chi connectivity index (χ0v) is 10.9. The largest absolute Gasteiger partial charge is 0.497 e. The Hall–Kier alpha value is -1.40. The molecule has 1 saturated heterocycles. The van der Waals surface area contributed by atoms with Crippen molar-refractivity contribution in [1.82, 2.24) is 4.31 Å². The van der Waals surface area contributed by atoms with Crippen LogP contribution in [0.25, 0.3) is 0 Å². The summed E-state index contributed by atoms with van der Waals surface area (Å²) in [6.45, 7) is 0.525. The van der Waals surface area contributed by atoms with Gasteiger partial charge in [-0.2, -0.15) is 4.31 Å². The number of ketones is 1. The molecule has 0 atom stereocenters. The number of methoxy groups -OCH3 is 1. The van der Waals surface area contributed by atoms with Crippen LogP contribution in [-0.2, 0) is 14.8 Å². The number of piperidine rings is 1. The molecule has 98 valence electrons. The van der Waals surface area contributed by atoms with E-state index >= 15 is 0 Å². The number of Topliss-reactive ketones (excluding diaryl/α,β-unsaturated/α-hetero) is 1. The molecule has 1 fully saturated rings. The molecule has 1 heterocycles. The lowest BCUT2D eigenvalue weighted by Gasteiger charge is -2.25. The van der Waals surface area contributed by atoms with Crippen LogP contribution in [0.2, 0.25) is 0 Å². The van der Waals surface area contributed by atoms with Gasteiger partial charge in [-0.3, -0.25) is 4.79 Å². The lowest BCUT2D eigenvalue weighted by atomic mass is 10.1. The molecule has 1 aliphatic heterocycles. The van der Waals surface area contributed by atoms with Gasteiger partial charge in [-0.25, -0.2) is 8.42 Å². The number of nitrogens with zero attached hydrogens (tertiary/aromatic N) is 1. The van der Waals surface area contributed by atoms with Crippen molar-refractivity contribution >= 4 is 15.8 Å². The summed E-state index contributed by atoms with van der Waals surface area (Å²) >= 11 is 0. The van der Waals surface area contributed by atoms with Gasteiger partial charge >= 0.3 is 0 Å². The minimum Gasteiger partial charge on any atom is -0.497 e. The van der Waals surface area contributed by atoms with Crippen LogP contribution >= 0.6 is 0 Å². The van der Waals surface area contributed by atoms with Gasteiger partial charge in [0.2, 0.25) is 10.0 Å². The summed E-state index contributed by atoms with van der Waals surface area (Å²) in [5.41, 5.74) is 0. The van der Waals surface area contributed by atoms with Gasteiger partial charge in [-0.15, -0.1) is 0 Å². The van der Waals surface area contributed by atoms with Crippen LogP contribution in [0.5, 0.6) is 5.75 Å². The average molecular weight is 269 g/mol. The van der Waals surface area contributed by atoms with Gasteiger partial charge in [-0.05, 0) is 12.1 Å². The molecule has 0 unspecified atom stereocenters. The zero-order valence-electron chi connectivity index (χ0n) is 10.1. The molecule has 6 heteroatoms. The van der Waals surface area contributed by atoms with Crippen LogP contribution in [-0.4, -0.2) is 38.7 Å². The Morgan fingerprint density at radius 2 is 1.89 bits per heavy atom. The van der Waals surface area contributed by atoms with Crippen molar-refractivity contribution in [3.8, 4) is 5.75 Å². The highest BCUT2D eigenvalue weighted by Gasteiger charge is 2.28. The van der Waals surface area contributed by atoms with Gasteiger partial charge in [0, 0.05) is 32.0 Å². The topological polar surface area (TPSA) is 63.7 Å². The van der Waals surface area contributed by atoms with E-state index in [4.69, 9.17) is 4.74 Å². The fourth-order valence-electron chi connectivity index (χ4n) is 1.89. The Morgan fingerprint density at radius 3 is 2.50 bits per heavy atom. The van der Waals surface area contributed by atoms with Crippen LogP contribution in [0.1, 0.15) is 12.8 Å². The van der Waals surface area contributed by atoms with E-state index in [-0.39, 0.29) is 23.8 Å². The molecule has 2 rings (SSSR count). The fourth-order valence-corrected chi connectivity index (χ4v) is 3.36. The monoisotopic (exact) mass is 269 g/mol. The van der Waals surface area contributed by atoms with E-state index in [2.05, 4.69) is 0 Å². The van der Waals surface area contributed by atoms with Gasteiger partial charge in [0.25, 0.3) is 0 Å². The van der Waals surface area contributed by atoms with Crippen LogP contribution in [0, 0.1) is 0 Å². The maximum atomic E-state index is 12.3. The minimum absolute atomic E-state index is 0.118. The molecule has 0 aromatic heterocycles. The Balaban J connectivity index is 2.27. The Kier molecular flexibility index (Phi) is 3.68. The molecule has 1 aliphatic rings. The third-order valence-electron chi connectivity index (χ3n) is 2.96. The number of rotatable bonds is 3. The van der Waals surface area contributed by atoms with Crippen LogP contribution < -0.4 is 4.74 Å². The van der Waals surface area contributed by atoms with E-state index in [0.717, 1.165) is 0 Å². The van der Waals surface area contributed by atoms with Crippen molar-refractivity contribution in [3.63, 3.8) is 0 Å². The van der Waals surface area contributed by atoms with E-state index < -0.39 is 10.0 Å². The van der Waals surface area contributed by atoms with Crippen LogP contribution in [0.15, 0.2) is 29.2 Å². The minimum atomic E-state index is -3.52. The van der Waals surface area contributed by atoms with Crippen molar-refractivity contribution in [2.24, 2.45) is 0 Å². The van der Waals surface area contributed by atoms with Crippen molar-refractivity contribution in [2.45, 2.75) is 17.7 Å². The molecule has 0 N–H and O–H groups in total. The number of benzene rings is 1. The molecular formula is C12H15NO4S. The molecule has 0 amide bonds. The average Bonchev–Trinajstić information content (AvgIpc) is 2.39. The van der Waals surface area contributed by atoms with Crippen molar-refractivity contribution in [2.75, 3.05) is 20.2 Å². The summed E-state index contributed by atoms with van der Waals surface area (Å²) in [5.74, 6) is 0.622. The van der Waals surface area contributed by atoms with Crippen LogP contribution in [0.3, 0.4) is 0 Å². The van der Waals surface area contributed by atoms with E-state index in [9.17, 15) is 13.2 Å². The first kappa shape index (κ1) is 13.0. The molecule has 1 aromatic carbocycles. The van der Waals surface area contributed by atoms with Crippen molar-refractivity contribution < 1.29 is 17.9 Å². The Morgan fingerprint density at radius 1 is 1.22 bits per heavy atom. The molecular weight excluding hydrogens is 254 g/mol. The molecule has 0 bridgehead atoms. The zero-order chi connectivity index (χ0) is 13.2. The predicted octanol–water partition coefficient (Wildman–Crippen LogP) is 1.05. The number of ether oxygens (including phenoxy) is 1. The molecule has 0 spiro atoms. The molecule has 1 aromatic rings. The third-order valence-corrected chi connectivity index (χ3v) is 4.85. The third kappa shape index (κ3) is 2.54. The molecule has 0 saturated carbocycles. The summed E-state index contributed by atoms with van der Waals surface area (Å²) < 4.78 is 31.0.